The topological polar surface area (TPSA) is 46.9 Å². The molecule has 0 aliphatic heterocycles. The first-order valence-electron chi connectivity index (χ1n) is 8.46. The number of aromatic nitrogens is 2. The molecule has 1 unspecified atom stereocenters. The molecule has 0 bridgehead atoms. The fourth-order valence-electron chi connectivity index (χ4n) is 3.02. The Morgan fingerprint density at radius 1 is 1.18 bits per heavy atom. The van der Waals surface area contributed by atoms with Crippen LogP contribution in [-0.4, -0.2) is 15.7 Å². The van der Waals surface area contributed by atoms with E-state index in [0.717, 1.165) is 17.3 Å². The zero-order chi connectivity index (χ0) is 20.5. The Hall–Kier alpha value is -2.80. The second kappa shape index (κ2) is 7.67. The van der Waals surface area contributed by atoms with E-state index in [0.29, 0.717) is 4.68 Å². The molecule has 1 amide bonds. The summed E-state index contributed by atoms with van der Waals surface area (Å²) in [6.45, 7) is 3.59. The van der Waals surface area contributed by atoms with E-state index in [2.05, 4.69) is 10.4 Å². The first kappa shape index (κ1) is 19.9. The molecule has 146 valence electrons. The highest BCUT2D eigenvalue weighted by Gasteiger charge is 2.40. The number of carbonyl (C=O) groups excluding carboxylic acids is 1. The van der Waals surface area contributed by atoms with Crippen LogP contribution in [0, 0.1) is 6.92 Å². The number of alkyl halides is 3. The van der Waals surface area contributed by atoms with Crippen LogP contribution in [0.5, 0.6) is 0 Å². The van der Waals surface area contributed by atoms with Crippen LogP contribution in [0.1, 0.15) is 40.1 Å². The summed E-state index contributed by atoms with van der Waals surface area (Å²) in [7, 11) is 0. The van der Waals surface area contributed by atoms with Crippen LogP contribution in [0.3, 0.4) is 0 Å². The highest BCUT2D eigenvalue weighted by atomic mass is 35.5. The summed E-state index contributed by atoms with van der Waals surface area (Å²) >= 11 is 5.88. The minimum Gasteiger partial charge on any atom is -0.345 e. The van der Waals surface area contributed by atoms with Gasteiger partial charge in [0.05, 0.1) is 23.5 Å². The number of benzene rings is 2. The molecule has 3 rings (SSSR count). The summed E-state index contributed by atoms with van der Waals surface area (Å²) in [5.74, 6) is -0.851. The second-order valence-electron chi connectivity index (χ2n) is 6.35. The molecular formula is C20H17ClF3N3O. The molecule has 2 aromatic carbocycles. The van der Waals surface area contributed by atoms with Gasteiger partial charge >= 0.3 is 6.18 Å². The van der Waals surface area contributed by atoms with Crippen molar-refractivity contribution in [2.24, 2.45) is 0 Å². The minimum absolute atomic E-state index is 0.117. The number of amides is 1. The molecule has 0 aliphatic carbocycles. The van der Waals surface area contributed by atoms with Crippen molar-refractivity contribution in [2.45, 2.75) is 26.1 Å². The third-order valence-corrected chi connectivity index (χ3v) is 4.57. The van der Waals surface area contributed by atoms with Gasteiger partial charge in [0.15, 0.2) is 5.69 Å². The van der Waals surface area contributed by atoms with Crippen molar-refractivity contribution in [3.05, 3.63) is 82.1 Å². The molecule has 0 aliphatic rings. The number of nitrogens with zero attached hydrogens (tertiary/aromatic N) is 2. The number of halogens is 4. The van der Waals surface area contributed by atoms with Crippen LogP contribution in [0.4, 0.5) is 13.2 Å². The van der Waals surface area contributed by atoms with Gasteiger partial charge in [-0.15, -0.1) is 0 Å². The van der Waals surface area contributed by atoms with Crippen LogP contribution in [0.2, 0.25) is 5.02 Å². The molecule has 0 radical (unpaired) electrons. The number of rotatable bonds is 4. The maximum absolute atomic E-state index is 13.7. The van der Waals surface area contributed by atoms with Crippen molar-refractivity contribution in [1.29, 1.82) is 0 Å². The zero-order valence-corrected chi connectivity index (χ0v) is 15.8. The molecule has 1 aromatic heterocycles. The third kappa shape index (κ3) is 4.04. The van der Waals surface area contributed by atoms with Crippen LogP contribution in [0.25, 0.3) is 5.69 Å². The predicted molar refractivity (Wildman–Crippen MR) is 101 cm³/mol. The first-order valence-corrected chi connectivity index (χ1v) is 8.84. The lowest BCUT2D eigenvalue weighted by Gasteiger charge is -2.17. The SMILES string of the molecule is Cc1ccccc1C(C)NC(=O)c1cnn(-c2cccc(Cl)c2)c1C(F)(F)F. The minimum atomic E-state index is -4.78. The summed E-state index contributed by atoms with van der Waals surface area (Å²) < 4.78 is 41.9. The van der Waals surface area contributed by atoms with E-state index in [-0.39, 0.29) is 10.7 Å². The van der Waals surface area contributed by atoms with Gasteiger partial charge in [0.2, 0.25) is 0 Å². The molecule has 0 fully saturated rings. The number of hydrogen-bond acceptors (Lipinski definition) is 2. The van der Waals surface area contributed by atoms with Gasteiger partial charge in [-0.05, 0) is 43.2 Å². The smallest absolute Gasteiger partial charge is 0.345 e. The van der Waals surface area contributed by atoms with Gasteiger partial charge in [0.1, 0.15) is 0 Å². The van der Waals surface area contributed by atoms with E-state index in [4.69, 9.17) is 11.6 Å². The Morgan fingerprint density at radius 2 is 1.89 bits per heavy atom. The molecule has 0 saturated heterocycles. The average molecular weight is 408 g/mol. The number of carbonyl (C=O) groups is 1. The number of nitrogens with one attached hydrogen (secondary N) is 1. The Morgan fingerprint density at radius 3 is 2.54 bits per heavy atom. The molecule has 1 atom stereocenters. The lowest BCUT2D eigenvalue weighted by Crippen LogP contribution is -2.29. The molecule has 28 heavy (non-hydrogen) atoms. The van der Waals surface area contributed by atoms with Crippen molar-refractivity contribution in [3.63, 3.8) is 0 Å². The molecule has 3 aromatic rings. The van der Waals surface area contributed by atoms with Crippen LogP contribution >= 0.6 is 11.6 Å². The summed E-state index contributed by atoms with van der Waals surface area (Å²) in [4.78, 5) is 12.6. The highest BCUT2D eigenvalue weighted by molar-refractivity contribution is 6.30. The fraction of sp³-hybridized carbons (Fsp3) is 0.200. The lowest BCUT2D eigenvalue weighted by atomic mass is 10.0. The molecule has 0 saturated carbocycles. The first-order chi connectivity index (χ1) is 13.2. The highest BCUT2D eigenvalue weighted by Crippen LogP contribution is 2.34. The van der Waals surface area contributed by atoms with Gasteiger partial charge in [-0.2, -0.15) is 18.3 Å². The van der Waals surface area contributed by atoms with Gasteiger partial charge in [-0.3, -0.25) is 4.79 Å². The molecule has 8 heteroatoms. The summed E-state index contributed by atoms with van der Waals surface area (Å²) in [6, 6.07) is 12.7. The second-order valence-corrected chi connectivity index (χ2v) is 6.78. The zero-order valence-electron chi connectivity index (χ0n) is 15.1. The molecule has 1 N–H and O–H groups in total. The molecular weight excluding hydrogens is 391 g/mol. The fourth-order valence-corrected chi connectivity index (χ4v) is 3.20. The van der Waals surface area contributed by atoms with Crippen molar-refractivity contribution >= 4 is 17.5 Å². The van der Waals surface area contributed by atoms with Gasteiger partial charge in [-0.25, -0.2) is 4.68 Å². The van der Waals surface area contributed by atoms with Crippen LogP contribution in [0.15, 0.2) is 54.7 Å². The summed E-state index contributed by atoms with van der Waals surface area (Å²) in [5.41, 5.74) is 0.176. The van der Waals surface area contributed by atoms with E-state index in [1.165, 1.54) is 18.2 Å². The maximum atomic E-state index is 13.7. The predicted octanol–water partition coefficient (Wildman–Crippen LogP) is 5.34. The van der Waals surface area contributed by atoms with Gasteiger partial charge in [-0.1, -0.05) is 41.9 Å². The van der Waals surface area contributed by atoms with Gasteiger partial charge in [0.25, 0.3) is 5.91 Å². The van der Waals surface area contributed by atoms with Crippen molar-refractivity contribution < 1.29 is 18.0 Å². The molecule has 0 spiro atoms. The van der Waals surface area contributed by atoms with E-state index in [1.807, 2.05) is 31.2 Å². The normalized spacial score (nSPS) is 12.6. The van der Waals surface area contributed by atoms with Crippen LogP contribution in [-0.2, 0) is 6.18 Å². The summed E-state index contributed by atoms with van der Waals surface area (Å²) in [5, 5.41) is 6.68. The Bertz CT molecular complexity index is 1010. The van der Waals surface area contributed by atoms with E-state index in [1.54, 1.807) is 13.0 Å². The largest absolute Gasteiger partial charge is 0.434 e. The van der Waals surface area contributed by atoms with Crippen LogP contribution < -0.4 is 5.32 Å². The van der Waals surface area contributed by atoms with Crippen molar-refractivity contribution in [3.8, 4) is 5.69 Å². The standard InChI is InChI=1S/C20H17ClF3N3O/c1-12-6-3-4-9-16(12)13(2)26-19(28)17-11-25-27(18(17)20(22,23)24)15-8-5-7-14(21)10-15/h3-11,13H,1-2H3,(H,26,28). The van der Waals surface area contributed by atoms with Gasteiger partial charge < -0.3 is 5.32 Å². The van der Waals surface area contributed by atoms with Crippen molar-refractivity contribution in [1.82, 2.24) is 15.1 Å². The van der Waals surface area contributed by atoms with E-state index < -0.39 is 29.4 Å². The molecule has 1 heterocycles. The van der Waals surface area contributed by atoms with E-state index in [9.17, 15) is 18.0 Å². The van der Waals surface area contributed by atoms with Gasteiger partial charge in [0, 0.05) is 5.02 Å². The molecule has 4 nitrogen and oxygen atoms in total. The number of hydrogen-bond donors (Lipinski definition) is 1. The maximum Gasteiger partial charge on any atom is 0.434 e. The Labute approximate surface area is 164 Å². The van der Waals surface area contributed by atoms with E-state index >= 15 is 0 Å². The monoisotopic (exact) mass is 407 g/mol. The Balaban J connectivity index is 1.98. The lowest BCUT2D eigenvalue weighted by molar-refractivity contribution is -0.143. The summed E-state index contributed by atoms with van der Waals surface area (Å²) in [6.07, 6.45) is -3.86. The van der Waals surface area contributed by atoms with Crippen molar-refractivity contribution in [2.75, 3.05) is 0 Å². The Kier molecular flexibility index (Phi) is 5.47. The average Bonchev–Trinajstić information content (AvgIpc) is 3.07. The third-order valence-electron chi connectivity index (χ3n) is 4.34. The quantitative estimate of drug-likeness (QED) is 0.634. The number of aryl methyl sites for hydroxylation is 1.